The molecule has 136 valence electrons. The van der Waals surface area contributed by atoms with Crippen molar-refractivity contribution in [1.29, 1.82) is 0 Å². The molecule has 3 N–H and O–H groups in total. The first-order chi connectivity index (χ1) is 10.9. The number of hydrogen-bond acceptors (Lipinski definition) is 3. The standard InChI is InChI=1S/C20H34N2O2/c1-13(18(23)22-10-9-21)15-11-14(19(2,3)4)12-16(17(15)24-8)20(5,6)7/h11-13H,9-10,21H2,1-8H3,(H,22,23). The van der Waals surface area contributed by atoms with Crippen LogP contribution in [0.4, 0.5) is 0 Å². The number of methoxy groups -OCH3 is 1. The lowest BCUT2D eigenvalue weighted by Gasteiger charge is -2.30. The summed E-state index contributed by atoms with van der Waals surface area (Å²) in [5, 5.41) is 2.88. The van der Waals surface area contributed by atoms with E-state index in [9.17, 15) is 4.79 Å². The average molecular weight is 335 g/mol. The van der Waals surface area contributed by atoms with Crippen molar-refractivity contribution in [2.75, 3.05) is 20.2 Å². The topological polar surface area (TPSA) is 64.3 Å². The van der Waals surface area contributed by atoms with Gasteiger partial charge in [-0.1, -0.05) is 53.7 Å². The summed E-state index contributed by atoms with van der Waals surface area (Å²) in [4.78, 5) is 12.5. The number of nitrogens with one attached hydrogen (secondary N) is 1. The highest BCUT2D eigenvalue weighted by Gasteiger charge is 2.29. The number of ether oxygens (including phenoxy) is 1. The molecule has 0 heterocycles. The predicted octanol–water partition coefficient (Wildman–Crippen LogP) is 3.47. The van der Waals surface area contributed by atoms with E-state index in [2.05, 4.69) is 59.0 Å². The van der Waals surface area contributed by atoms with Crippen LogP contribution in [0.25, 0.3) is 0 Å². The second kappa shape index (κ2) is 7.56. The van der Waals surface area contributed by atoms with E-state index in [0.29, 0.717) is 13.1 Å². The quantitative estimate of drug-likeness (QED) is 0.866. The van der Waals surface area contributed by atoms with Crippen LogP contribution in [0.1, 0.15) is 71.1 Å². The van der Waals surface area contributed by atoms with Crippen LogP contribution in [0.5, 0.6) is 5.75 Å². The number of amides is 1. The molecule has 4 nitrogen and oxygen atoms in total. The first kappa shape index (κ1) is 20.5. The van der Waals surface area contributed by atoms with E-state index in [1.807, 2.05) is 6.92 Å². The SMILES string of the molecule is COc1c(C(C)C(=O)NCCN)cc(C(C)(C)C)cc1C(C)(C)C. The molecule has 1 aromatic carbocycles. The lowest BCUT2D eigenvalue weighted by atomic mass is 9.77. The summed E-state index contributed by atoms with van der Waals surface area (Å²) >= 11 is 0. The summed E-state index contributed by atoms with van der Waals surface area (Å²) in [5.41, 5.74) is 8.69. The highest BCUT2D eigenvalue weighted by molar-refractivity contribution is 5.84. The van der Waals surface area contributed by atoms with Gasteiger partial charge in [0, 0.05) is 24.2 Å². The third kappa shape index (κ3) is 4.73. The van der Waals surface area contributed by atoms with Crippen LogP contribution in [0.15, 0.2) is 12.1 Å². The van der Waals surface area contributed by atoms with Gasteiger partial charge in [-0.05, 0) is 23.3 Å². The predicted molar refractivity (Wildman–Crippen MR) is 101 cm³/mol. The number of carbonyl (C=O) groups excluding carboxylic acids is 1. The summed E-state index contributed by atoms with van der Waals surface area (Å²) in [6.07, 6.45) is 0. The fourth-order valence-corrected chi connectivity index (χ4v) is 2.68. The van der Waals surface area contributed by atoms with E-state index in [1.54, 1.807) is 7.11 Å². The fraction of sp³-hybridized carbons (Fsp3) is 0.650. The second-order valence-corrected chi connectivity index (χ2v) is 8.45. The normalized spacial score (nSPS) is 13.5. The molecule has 0 spiro atoms. The van der Waals surface area contributed by atoms with Gasteiger partial charge >= 0.3 is 0 Å². The lowest BCUT2D eigenvalue weighted by Crippen LogP contribution is -2.32. The van der Waals surface area contributed by atoms with Gasteiger partial charge in [-0.15, -0.1) is 0 Å². The van der Waals surface area contributed by atoms with E-state index < -0.39 is 0 Å². The molecule has 1 amide bonds. The summed E-state index contributed by atoms with van der Waals surface area (Å²) < 4.78 is 5.74. The molecule has 0 bridgehead atoms. The van der Waals surface area contributed by atoms with Crippen molar-refractivity contribution in [2.24, 2.45) is 5.73 Å². The van der Waals surface area contributed by atoms with Crippen molar-refractivity contribution in [1.82, 2.24) is 5.32 Å². The van der Waals surface area contributed by atoms with E-state index in [-0.39, 0.29) is 22.7 Å². The van der Waals surface area contributed by atoms with Crippen LogP contribution < -0.4 is 15.8 Å². The van der Waals surface area contributed by atoms with Gasteiger partial charge in [-0.25, -0.2) is 0 Å². The number of benzene rings is 1. The van der Waals surface area contributed by atoms with Crippen molar-refractivity contribution >= 4 is 5.91 Å². The Kier molecular flexibility index (Phi) is 6.45. The number of carbonyl (C=O) groups is 1. The van der Waals surface area contributed by atoms with Crippen LogP contribution in [0.2, 0.25) is 0 Å². The molecule has 24 heavy (non-hydrogen) atoms. The van der Waals surface area contributed by atoms with Crippen molar-refractivity contribution in [3.05, 3.63) is 28.8 Å². The number of hydrogen-bond donors (Lipinski definition) is 2. The van der Waals surface area contributed by atoms with Crippen LogP contribution in [-0.4, -0.2) is 26.1 Å². The highest BCUT2D eigenvalue weighted by Crippen LogP contribution is 2.41. The van der Waals surface area contributed by atoms with Crippen molar-refractivity contribution < 1.29 is 9.53 Å². The van der Waals surface area contributed by atoms with Crippen LogP contribution >= 0.6 is 0 Å². The van der Waals surface area contributed by atoms with Gasteiger partial charge < -0.3 is 15.8 Å². The molecule has 0 aliphatic heterocycles. The third-order valence-electron chi connectivity index (χ3n) is 4.30. The molecule has 0 saturated heterocycles. The Bertz CT molecular complexity index is 581. The molecule has 0 fully saturated rings. The average Bonchev–Trinajstić information content (AvgIpc) is 2.48. The van der Waals surface area contributed by atoms with Gasteiger partial charge in [0.25, 0.3) is 0 Å². The zero-order valence-electron chi connectivity index (χ0n) is 16.5. The zero-order valence-corrected chi connectivity index (χ0v) is 16.5. The molecule has 1 rings (SSSR count). The van der Waals surface area contributed by atoms with Gasteiger partial charge in [0.2, 0.25) is 5.91 Å². The Morgan fingerprint density at radius 2 is 1.75 bits per heavy atom. The van der Waals surface area contributed by atoms with Crippen molar-refractivity contribution in [3.8, 4) is 5.75 Å². The minimum Gasteiger partial charge on any atom is -0.496 e. The molecule has 0 aliphatic carbocycles. The highest BCUT2D eigenvalue weighted by atomic mass is 16.5. The fourth-order valence-electron chi connectivity index (χ4n) is 2.68. The number of nitrogens with two attached hydrogens (primary N) is 1. The maximum atomic E-state index is 12.5. The van der Waals surface area contributed by atoms with Gasteiger partial charge in [0.15, 0.2) is 0 Å². The lowest BCUT2D eigenvalue weighted by molar-refractivity contribution is -0.122. The molecule has 0 aromatic heterocycles. The third-order valence-corrected chi connectivity index (χ3v) is 4.30. The minimum atomic E-state index is -0.296. The zero-order chi connectivity index (χ0) is 18.7. The van der Waals surface area contributed by atoms with Crippen LogP contribution in [0.3, 0.4) is 0 Å². The Morgan fingerprint density at radius 1 is 1.17 bits per heavy atom. The molecule has 4 heteroatoms. The minimum absolute atomic E-state index is 0.00548. The Morgan fingerprint density at radius 3 is 2.17 bits per heavy atom. The maximum Gasteiger partial charge on any atom is 0.227 e. The molecule has 0 saturated carbocycles. The van der Waals surface area contributed by atoms with Crippen molar-refractivity contribution in [2.45, 2.75) is 65.2 Å². The molecular weight excluding hydrogens is 300 g/mol. The molecule has 0 aliphatic rings. The van der Waals surface area contributed by atoms with Gasteiger partial charge in [0.05, 0.1) is 13.0 Å². The summed E-state index contributed by atoms with van der Waals surface area (Å²) in [6.45, 7) is 15.9. The molecular formula is C20H34N2O2. The first-order valence-electron chi connectivity index (χ1n) is 8.64. The van der Waals surface area contributed by atoms with Crippen LogP contribution in [-0.2, 0) is 15.6 Å². The van der Waals surface area contributed by atoms with Crippen LogP contribution in [0, 0.1) is 0 Å². The summed E-state index contributed by atoms with van der Waals surface area (Å²) in [6, 6.07) is 4.33. The van der Waals surface area contributed by atoms with E-state index in [1.165, 1.54) is 5.56 Å². The van der Waals surface area contributed by atoms with E-state index >= 15 is 0 Å². The maximum absolute atomic E-state index is 12.5. The summed E-state index contributed by atoms with van der Waals surface area (Å²) in [5.74, 6) is 0.491. The molecule has 1 unspecified atom stereocenters. The Balaban J connectivity index is 3.54. The van der Waals surface area contributed by atoms with Gasteiger partial charge in [-0.2, -0.15) is 0 Å². The monoisotopic (exact) mass is 334 g/mol. The van der Waals surface area contributed by atoms with Gasteiger partial charge in [0.1, 0.15) is 5.75 Å². The van der Waals surface area contributed by atoms with E-state index in [0.717, 1.165) is 16.9 Å². The van der Waals surface area contributed by atoms with E-state index in [4.69, 9.17) is 10.5 Å². The summed E-state index contributed by atoms with van der Waals surface area (Å²) in [7, 11) is 1.68. The molecule has 1 aromatic rings. The Labute approximate surface area is 147 Å². The second-order valence-electron chi connectivity index (χ2n) is 8.45. The first-order valence-corrected chi connectivity index (χ1v) is 8.64. The Hall–Kier alpha value is -1.55. The molecule has 1 atom stereocenters. The number of rotatable bonds is 5. The van der Waals surface area contributed by atoms with Crippen molar-refractivity contribution in [3.63, 3.8) is 0 Å². The smallest absolute Gasteiger partial charge is 0.227 e. The van der Waals surface area contributed by atoms with Gasteiger partial charge in [-0.3, -0.25) is 4.79 Å². The largest absolute Gasteiger partial charge is 0.496 e. The molecule has 0 radical (unpaired) electrons.